The molecule has 0 amide bonds. The number of rotatable bonds is 6. The minimum Gasteiger partial charge on any atom is -0.399 e. The Bertz CT molecular complexity index is 1110. The minimum atomic E-state index is -0.550. The van der Waals surface area contributed by atoms with E-state index < -0.39 is 11.6 Å². The van der Waals surface area contributed by atoms with Crippen molar-refractivity contribution in [2.75, 3.05) is 10.6 Å². The number of benzene rings is 4. The fraction of sp³-hybridized carbons (Fsp3) is 0. The number of ketones is 2. The summed E-state index contributed by atoms with van der Waals surface area (Å²) < 4.78 is 0. The van der Waals surface area contributed by atoms with Gasteiger partial charge in [0.15, 0.2) is 0 Å². The molecule has 0 aromatic heterocycles. The molecule has 2 N–H and O–H groups in total. The number of nitrogens with zero attached hydrogens (tertiary/aromatic N) is 1. The van der Waals surface area contributed by atoms with Crippen molar-refractivity contribution in [2.24, 2.45) is 0 Å². The zero-order chi connectivity index (χ0) is 20.9. The van der Waals surface area contributed by atoms with Gasteiger partial charge < -0.3 is 10.6 Å². The zero-order valence-electron chi connectivity index (χ0n) is 16.2. The van der Waals surface area contributed by atoms with E-state index in [1.54, 1.807) is 36.4 Å². The van der Waals surface area contributed by atoms with Gasteiger partial charge in [0.2, 0.25) is 11.6 Å². The van der Waals surface area contributed by atoms with Crippen molar-refractivity contribution in [3.8, 4) is 0 Å². The summed E-state index contributed by atoms with van der Waals surface area (Å²) in [5.74, 6) is -1.09. The fourth-order valence-corrected chi connectivity index (χ4v) is 3.26. The van der Waals surface area contributed by atoms with Gasteiger partial charge >= 0.3 is 0 Å². The number of anilines is 4. The van der Waals surface area contributed by atoms with Gasteiger partial charge in [0.25, 0.3) is 0 Å². The molecule has 4 nitrogen and oxygen atoms in total. The highest BCUT2D eigenvalue weighted by atomic mass is 16.2. The first-order valence-electron chi connectivity index (χ1n) is 9.58. The van der Waals surface area contributed by atoms with Crippen LogP contribution in [0.3, 0.4) is 0 Å². The van der Waals surface area contributed by atoms with Gasteiger partial charge in [-0.25, -0.2) is 0 Å². The van der Waals surface area contributed by atoms with E-state index in [9.17, 15) is 9.59 Å². The van der Waals surface area contributed by atoms with Crippen LogP contribution in [-0.2, 0) is 0 Å². The summed E-state index contributed by atoms with van der Waals surface area (Å²) in [4.78, 5) is 27.3. The van der Waals surface area contributed by atoms with Crippen molar-refractivity contribution in [1.82, 2.24) is 0 Å². The second kappa shape index (κ2) is 8.45. The Morgan fingerprint density at radius 2 is 0.867 bits per heavy atom. The minimum absolute atomic E-state index is 0.327. The van der Waals surface area contributed by atoms with E-state index >= 15 is 0 Å². The Balaban J connectivity index is 1.64. The number of para-hydroxylation sites is 2. The number of hydrogen-bond acceptors (Lipinski definition) is 4. The van der Waals surface area contributed by atoms with Gasteiger partial charge in [-0.05, 0) is 72.8 Å². The first kappa shape index (κ1) is 19.2. The molecule has 4 rings (SSSR count). The largest absolute Gasteiger partial charge is 0.399 e. The lowest BCUT2D eigenvalue weighted by molar-refractivity contribution is 0.0817. The number of hydrogen-bond donors (Lipinski definition) is 1. The predicted molar refractivity (Wildman–Crippen MR) is 121 cm³/mol. The van der Waals surface area contributed by atoms with Crippen LogP contribution in [0, 0.1) is 0 Å². The van der Waals surface area contributed by atoms with Crippen LogP contribution in [-0.4, -0.2) is 11.6 Å². The SMILES string of the molecule is Nc1ccc(C(=O)C(=O)c2ccc(N(c3ccccc3)c3ccccc3)cc2)cc1. The van der Waals surface area contributed by atoms with Crippen molar-refractivity contribution < 1.29 is 9.59 Å². The van der Waals surface area contributed by atoms with Gasteiger partial charge in [0, 0.05) is 33.9 Å². The van der Waals surface area contributed by atoms with Crippen LogP contribution >= 0.6 is 0 Å². The lowest BCUT2D eigenvalue weighted by Gasteiger charge is -2.25. The number of carbonyl (C=O) groups excluding carboxylic acids is 2. The lowest BCUT2D eigenvalue weighted by Crippen LogP contribution is -2.15. The Morgan fingerprint density at radius 3 is 1.30 bits per heavy atom. The smallest absolute Gasteiger partial charge is 0.233 e. The molecule has 0 heterocycles. The van der Waals surface area contributed by atoms with Crippen molar-refractivity contribution in [1.29, 1.82) is 0 Å². The summed E-state index contributed by atoms with van der Waals surface area (Å²) in [7, 11) is 0. The summed E-state index contributed by atoms with van der Waals surface area (Å²) in [6, 6.07) is 33.4. The van der Waals surface area contributed by atoms with Gasteiger partial charge in [-0.2, -0.15) is 0 Å². The molecule has 4 heteroatoms. The van der Waals surface area contributed by atoms with Crippen molar-refractivity contribution in [2.45, 2.75) is 0 Å². The molecule has 4 aromatic carbocycles. The maximum Gasteiger partial charge on any atom is 0.233 e. The van der Waals surface area contributed by atoms with Crippen LogP contribution in [0.1, 0.15) is 20.7 Å². The van der Waals surface area contributed by atoms with E-state index in [0.29, 0.717) is 16.8 Å². The Labute approximate surface area is 175 Å². The fourth-order valence-electron chi connectivity index (χ4n) is 3.26. The molecule has 0 aliphatic carbocycles. The molecule has 0 bridgehead atoms. The maximum atomic E-state index is 12.7. The molecule has 4 aromatic rings. The average Bonchev–Trinajstić information content (AvgIpc) is 2.81. The third-order valence-electron chi connectivity index (χ3n) is 4.80. The van der Waals surface area contributed by atoms with Gasteiger partial charge in [-0.3, -0.25) is 9.59 Å². The van der Waals surface area contributed by atoms with Crippen molar-refractivity contribution in [3.05, 3.63) is 120 Å². The summed E-state index contributed by atoms with van der Waals surface area (Å²) >= 11 is 0. The highest BCUT2D eigenvalue weighted by molar-refractivity contribution is 6.49. The summed E-state index contributed by atoms with van der Waals surface area (Å²) in [5.41, 5.74) is 9.77. The molecular formula is C26H20N2O2. The van der Waals surface area contributed by atoms with Crippen LogP contribution in [0.15, 0.2) is 109 Å². The van der Waals surface area contributed by atoms with E-state index in [2.05, 4.69) is 4.90 Å². The topological polar surface area (TPSA) is 63.4 Å². The molecule has 0 spiro atoms. The molecule has 0 fully saturated rings. The van der Waals surface area contributed by atoms with E-state index in [-0.39, 0.29) is 0 Å². The molecule has 0 aliphatic rings. The lowest BCUT2D eigenvalue weighted by atomic mass is 10.0. The first-order chi connectivity index (χ1) is 14.6. The number of Topliss-reactive ketones (excluding diaryl/α,β-unsaturated/α-hetero) is 2. The molecule has 0 saturated heterocycles. The third kappa shape index (κ3) is 3.98. The van der Waals surface area contributed by atoms with Gasteiger partial charge in [0.1, 0.15) is 0 Å². The van der Waals surface area contributed by atoms with Crippen LogP contribution in [0.2, 0.25) is 0 Å². The van der Waals surface area contributed by atoms with E-state index in [0.717, 1.165) is 17.1 Å². The molecule has 146 valence electrons. The van der Waals surface area contributed by atoms with Crippen LogP contribution in [0.25, 0.3) is 0 Å². The monoisotopic (exact) mass is 392 g/mol. The van der Waals surface area contributed by atoms with Gasteiger partial charge in [0.05, 0.1) is 0 Å². The molecular weight excluding hydrogens is 372 g/mol. The quantitative estimate of drug-likeness (QED) is 0.256. The summed E-state index contributed by atoms with van der Waals surface area (Å²) in [6.07, 6.45) is 0. The highest BCUT2D eigenvalue weighted by Gasteiger charge is 2.19. The molecule has 0 atom stereocenters. The first-order valence-corrected chi connectivity index (χ1v) is 9.58. The van der Waals surface area contributed by atoms with Gasteiger partial charge in [-0.1, -0.05) is 36.4 Å². The number of carbonyl (C=O) groups is 2. The average molecular weight is 392 g/mol. The van der Waals surface area contributed by atoms with Crippen molar-refractivity contribution >= 4 is 34.3 Å². The number of nitrogens with two attached hydrogens (primary N) is 1. The maximum absolute atomic E-state index is 12.7. The molecule has 0 saturated carbocycles. The third-order valence-corrected chi connectivity index (χ3v) is 4.80. The molecule has 0 aliphatic heterocycles. The molecule has 30 heavy (non-hydrogen) atoms. The molecule has 0 radical (unpaired) electrons. The second-order valence-corrected chi connectivity index (χ2v) is 6.83. The van der Waals surface area contributed by atoms with Crippen LogP contribution in [0.5, 0.6) is 0 Å². The zero-order valence-corrected chi connectivity index (χ0v) is 16.2. The van der Waals surface area contributed by atoms with Gasteiger partial charge in [-0.15, -0.1) is 0 Å². The van der Waals surface area contributed by atoms with E-state index in [1.807, 2.05) is 72.8 Å². The van der Waals surface area contributed by atoms with E-state index in [4.69, 9.17) is 5.73 Å². The summed E-state index contributed by atoms with van der Waals surface area (Å²) in [5, 5.41) is 0. The summed E-state index contributed by atoms with van der Waals surface area (Å²) in [6.45, 7) is 0. The number of nitrogen functional groups attached to an aromatic ring is 1. The standard InChI is InChI=1S/C26H20N2O2/c27-21-15-11-19(12-16-21)25(29)26(30)20-13-17-24(18-14-20)28(22-7-3-1-4-8-22)23-9-5-2-6-10-23/h1-18H,27H2. The van der Waals surface area contributed by atoms with Crippen molar-refractivity contribution in [3.63, 3.8) is 0 Å². The molecule has 0 unspecified atom stereocenters. The van der Waals surface area contributed by atoms with E-state index in [1.165, 1.54) is 0 Å². The Kier molecular flexibility index (Phi) is 5.39. The van der Waals surface area contributed by atoms with Crippen LogP contribution < -0.4 is 10.6 Å². The predicted octanol–water partition coefficient (Wildman–Crippen LogP) is 5.80. The second-order valence-electron chi connectivity index (χ2n) is 6.83. The van der Waals surface area contributed by atoms with Crippen LogP contribution in [0.4, 0.5) is 22.7 Å². The highest BCUT2D eigenvalue weighted by Crippen LogP contribution is 2.34. The Hall–Kier alpha value is -4.18. The normalized spacial score (nSPS) is 10.4. The Morgan fingerprint density at radius 1 is 0.500 bits per heavy atom.